The number of hydrogen-bond donors (Lipinski definition) is 1. The van der Waals surface area contributed by atoms with Crippen molar-refractivity contribution < 1.29 is 30.8 Å². The summed E-state index contributed by atoms with van der Waals surface area (Å²) in [5.41, 5.74) is -4.35. The minimum absolute atomic E-state index is 0.0431. The lowest BCUT2D eigenvalue weighted by molar-refractivity contribution is -0.0436. The molecule has 0 aliphatic rings. The van der Waals surface area contributed by atoms with Crippen LogP contribution in [0.15, 0.2) is 56.6 Å². The molecule has 0 radical (unpaired) electrons. The summed E-state index contributed by atoms with van der Waals surface area (Å²) in [7, 11) is -1.79. The van der Waals surface area contributed by atoms with Gasteiger partial charge in [-0.15, -0.1) is 0 Å². The number of carbonyl (C=O) groups is 1. The molecule has 1 N–H and O–H groups in total. The minimum atomic E-state index is -5.49. The van der Waals surface area contributed by atoms with Crippen LogP contribution in [0.4, 0.5) is 18.9 Å². The van der Waals surface area contributed by atoms with Gasteiger partial charge in [0.15, 0.2) is 5.58 Å². The number of sulfone groups is 1. The second-order valence-electron chi connectivity index (χ2n) is 6.93. The van der Waals surface area contributed by atoms with Crippen LogP contribution in [0.1, 0.15) is 10.4 Å². The Morgan fingerprint density at radius 3 is 2.35 bits per heavy atom. The van der Waals surface area contributed by atoms with Crippen LogP contribution >= 0.6 is 0 Å². The summed E-state index contributed by atoms with van der Waals surface area (Å²) in [6, 6.07) is 7.95. The molecule has 1 heterocycles. The molecule has 0 aliphatic carbocycles. The van der Waals surface area contributed by atoms with Crippen LogP contribution in [0.25, 0.3) is 11.1 Å². The number of rotatable bonds is 6. The highest BCUT2D eigenvalue weighted by Crippen LogP contribution is 2.30. The van der Waals surface area contributed by atoms with E-state index in [4.69, 9.17) is 4.42 Å². The summed E-state index contributed by atoms with van der Waals surface area (Å²) in [4.78, 5) is 25.4. The largest absolute Gasteiger partial charge is 0.501 e. The monoisotopic (exact) mass is 457 g/mol. The third kappa shape index (κ3) is 4.64. The number of amides is 1. The van der Waals surface area contributed by atoms with Crippen molar-refractivity contribution in [2.45, 2.75) is 16.9 Å². The van der Waals surface area contributed by atoms with Crippen molar-refractivity contribution in [2.24, 2.45) is 0 Å². The number of aromatic nitrogens is 1. The van der Waals surface area contributed by atoms with Gasteiger partial charge in [0.25, 0.3) is 15.7 Å². The van der Waals surface area contributed by atoms with Crippen LogP contribution < -0.4 is 11.1 Å². The summed E-state index contributed by atoms with van der Waals surface area (Å²) in [5.74, 6) is -1.21. The number of hydrogen-bond acceptors (Lipinski definition) is 6. The predicted molar refractivity (Wildman–Crippen MR) is 107 cm³/mol. The van der Waals surface area contributed by atoms with E-state index in [0.29, 0.717) is 29.9 Å². The van der Waals surface area contributed by atoms with E-state index in [0.717, 1.165) is 24.3 Å². The quantitative estimate of drug-likeness (QED) is 0.611. The molecule has 2 aromatic carbocycles. The molecule has 8 nitrogen and oxygen atoms in total. The van der Waals surface area contributed by atoms with Crippen molar-refractivity contribution in [2.75, 3.05) is 26.0 Å². The SMILES string of the molecule is CN(C)CCn1c(=O)oc2ccc(NC(=O)c3ccc(S(=O)(=O)C(F)(F)F)cc3)cc21. The van der Waals surface area contributed by atoms with Gasteiger partial charge < -0.3 is 14.6 Å². The highest BCUT2D eigenvalue weighted by molar-refractivity contribution is 7.92. The third-order valence-electron chi connectivity index (χ3n) is 4.43. The molecule has 1 amide bonds. The van der Waals surface area contributed by atoms with E-state index < -0.39 is 31.9 Å². The van der Waals surface area contributed by atoms with E-state index in [9.17, 15) is 31.2 Å². The Kier molecular flexibility index (Phi) is 5.96. The molecular formula is C19H18F3N3O5S. The highest BCUT2D eigenvalue weighted by Gasteiger charge is 2.46. The summed E-state index contributed by atoms with van der Waals surface area (Å²) in [6.45, 7) is 0.948. The number of carbonyl (C=O) groups excluding carboxylic acids is 1. The predicted octanol–water partition coefficient (Wildman–Crippen LogP) is 2.70. The Morgan fingerprint density at radius 2 is 1.77 bits per heavy atom. The Balaban J connectivity index is 1.83. The molecule has 0 saturated heterocycles. The first-order valence-corrected chi connectivity index (χ1v) is 10.4. The van der Waals surface area contributed by atoms with Crippen LogP contribution in [0, 0.1) is 0 Å². The summed E-state index contributed by atoms with van der Waals surface area (Å²) in [5, 5.41) is 2.56. The third-order valence-corrected chi connectivity index (χ3v) is 5.93. The average molecular weight is 457 g/mol. The van der Waals surface area contributed by atoms with Gasteiger partial charge in [0.2, 0.25) is 0 Å². The summed E-state index contributed by atoms with van der Waals surface area (Å²) >= 11 is 0. The maximum Gasteiger partial charge on any atom is 0.501 e. The van der Waals surface area contributed by atoms with Crippen LogP contribution in [0.3, 0.4) is 0 Å². The van der Waals surface area contributed by atoms with Gasteiger partial charge in [-0.2, -0.15) is 13.2 Å². The number of nitrogens with one attached hydrogen (secondary N) is 1. The normalized spacial score (nSPS) is 12.5. The zero-order chi connectivity index (χ0) is 23.0. The van der Waals surface area contributed by atoms with E-state index in [2.05, 4.69) is 5.32 Å². The lowest BCUT2D eigenvalue weighted by atomic mass is 10.2. The zero-order valence-corrected chi connectivity index (χ0v) is 17.2. The van der Waals surface area contributed by atoms with Crippen molar-refractivity contribution >= 4 is 32.5 Å². The van der Waals surface area contributed by atoms with Gasteiger partial charge in [-0.25, -0.2) is 13.2 Å². The second kappa shape index (κ2) is 8.19. The van der Waals surface area contributed by atoms with Gasteiger partial charge >= 0.3 is 11.3 Å². The zero-order valence-electron chi connectivity index (χ0n) is 16.4. The van der Waals surface area contributed by atoms with Gasteiger partial charge in [-0.1, -0.05) is 0 Å². The second-order valence-corrected chi connectivity index (χ2v) is 8.87. The van der Waals surface area contributed by atoms with E-state index in [1.165, 1.54) is 22.8 Å². The van der Waals surface area contributed by atoms with Gasteiger partial charge in [-0.05, 0) is 56.6 Å². The van der Waals surface area contributed by atoms with Crippen molar-refractivity contribution in [1.29, 1.82) is 0 Å². The molecule has 3 rings (SSSR count). The molecule has 0 saturated carbocycles. The summed E-state index contributed by atoms with van der Waals surface area (Å²) in [6.07, 6.45) is 0. The first-order valence-electron chi connectivity index (χ1n) is 8.91. The van der Waals surface area contributed by atoms with Gasteiger partial charge in [-0.3, -0.25) is 9.36 Å². The Labute approximate surface area is 174 Å². The fourth-order valence-electron chi connectivity index (χ4n) is 2.77. The standard InChI is InChI=1S/C19H18F3N3O5S/c1-24(2)9-10-25-15-11-13(5-8-16(15)30-18(25)27)23-17(26)12-3-6-14(7-4-12)31(28,29)19(20,21)22/h3-8,11H,9-10H2,1-2H3,(H,23,26). The first-order chi connectivity index (χ1) is 14.4. The first kappa shape index (κ1) is 22.6. The molecule has 0 aliphatic heterocycles. The molecule has 3 aromatic rings. The van der Waals surface area contributed by atoms with Crippen molar-refractivity contribution in [1.82, 2.24) is 9.47 Å². The number of fused-ring (bicyclic) bond motifs is 1. The van der Waals surface area contributed by atoms with Crippen molar-refractivity contribution in [3.63, 3.8) is 0 Å². The molecule has 0 atom stereocenters. The molecule has 0 unspecified atom stereocenters. The molecule has 0 fully saturated rings. The van der Waals surface area contributed by atoms with E-state index in [1.54, 1.807) is 0 Å². The number of nitrogens with zero attached hydrogens (tertiary/aromatic N) is 2. The maximum absolute atomic E-state index is 12.6. The summed E-state index contributed by atoms with van der Waals surface area (Å²) < 4.78 is 67.3. The Bertz CT molecular complexity index is 1280. The Morgan fingerprint density at radius 1 is 1.13 bits per heavy atom. The molecule has 1 aromatic heterocycles. The topological polar surface area (TPSA) is 102 Å². The van der Waals surface area contributed by atoms with E-state index in [-0.39, 0.29) is 5.56 Å². The van der Waals surface area contributed by atoms with Crippen molar-refractivity contribution in [3.05, 3.63) is 58.6 Å². The van der Waals surface area contributed by atoms with Gasteiger partial charge in [0.1, 0.15) is 0 Å². The molecular weight excluding hydrogens is 439 g/mol. The smallest absolute Gasteiger partial charge is 0.408 e. The van der Waals surface area contributed by atoms with Crippen LogP contribution in [-0.2, 0) is 16.4 Å². The van der Waals surface area contributed by atoms with Crippen LogP contribution in [0.2, 0.25) is 0 Å². The number of likely N-dealkylation sites (N-methyl/N-ethyl adjacent to an activating group) is 1. The number of halogens is 3. The molecule has 166 valence electrons. The lowest BCUT2D eigenvalue weighted by Gasteiger charge is -2.10. The van der Waals surface area contributed by atoms with Gasteiger partial charge in [0, 0.05) is 24.3 Å². The number of benzene rings is 2. The fourth-order valence-corrected chi connectivity index (χ4v) is 3.54. The van der Waals surface area contributed by atoms with E-state index in [1.807, 2.05) is 19.0 Å². The maximum atomic E-state index is 12.6. The minimum Gasteiger partial charge on any atom is -0.408 e. The number of alkyl halides is 3. The van der Waals surface area contributed by atoms with Crippen LogP contribution in [0.5, 0.6) is 0 Å². The fraction of sp³-hybridized carbons (Fsp3) is 0.263. The highest BCUT2D eigenvalue weighted by atomic mass is 32.2. The molecule has 12 heteroatoms. The van der Waals surface area contributed by atoms with Gasteiger partial charge in [0.05, 0.1) is 10.4 Å². The molecule has 0 spiro atoms. The molecule has 31 heavy (non-hydrogen) atoms. The average Bonchev–Trinajstić information content (AvgIpc) is 3.00. The number of anilines is 1. The number of oxazole rings is 1. The Hall–Kier alpha value is -3.12. The van der Waals surface area contributed by atoms with Crippen molar-refractivity contribution in [3.8, 4) is 0 Å². The molecule has 0 bridgehead atoms. The lowest BCUT2D eigenvalue weighted by Crippen LogP contribution is -2.23. The van der Waals surface area contributed by atoms with E-state index >= 15 is 0 Å². The van der Waals surface area contributed by atoms with Crippen LogP contribution in [-0.4, -0.2) is 49.9 Å².